The van der Waals surface area contributed by atoms with Crippen LogP contribution in [0.25, 0.3) is 0 Å². The fourth-order valence-corrected chi connectivity index (χ4v) is 2.84. The number of rotatable bonds is 3. The summed E-state index contributed by atoms with van der Waals surface area (Å²) in [6.07, 6.45) is 0. The third-order valence-electron chi connectivity index (χ3n) is 3.09. The number of hydrogen-bond donors (Lipinski definition) is 1. The maximum atomic E-state index is 5.88. The number of benzene rings is 2. The van der Waals surface area contributed by atoms with E-state index >= 15 is 0 Å². The normalized spacial score (nSPS) is 11.4. The molecule has 0 saturated carbocycles. The van der Waals surface area contributed by atoms with E-state index in [1.54, 1.807) is 18.9 Å². The summed E-state index contributed by atoms with van der Waals surface area (Å²) >= 11 is 1.69. The highest BCUT2D eigenvalue weighted by molar-refractivity contribution is 7.99. The number of anilines is 1. The Morgan fingerprint density at radius 1 is 0.950 bits per heavy atom. The fourth-order valence-electron chi connectivity index (χ4n) is 1.93. The van der Waals surface area contributed by atoms with E-state index in [4.69, 9.17) is 10.5 Å². The number of nitrogen functional groups attached to an aromatic ring is 1. The minimum Gasteiger partial charge on any atom is -0.497 e. The molecular weight excluding hydrogens is 266 g/mol. The van der Waals surface area contributed by atoms with Crippen molar-refractivity contribution in [3.05, 3.63) is 48.0 Å². The molecule has 3 heteroatoms. The van der Waals surface area contributed by atoms with E-state index in [2.05, 4.69) is 45.0 Å². The average Bonchev–Trinajstić information content (AvgIpc) is 2.37. The zero-order valence-electron chi connectivity index (χ0n) is 12.4. The molecule has 0 bridgehead atoms. The van der Waals surface area contributed by atoms with Gasteiger partial charge < -0.3 is 10.5 Å². The average molecular weight is 287 g/mol. The van der Waals surface area contributed by atoms with Gasteiger partial charge in [-0.1, -0.05) is 44.7 Å². The van der Waals surface area contributed by atoms with Crippen LogP contribution in [0.5, 0.6) is 5.75 Å². The first-order valence-electron chi connectivity index (χ1n) is 6.61. The lowest BCUT2D eigenvalue weighted by molar-refractivity contribution is 0.414. The molecule has 2 nitrogen and oxygen atoms in total. The van der Waals surface area contributed by atoms with Crippen molar-refractivity contribution >= 4 is 17.4 Å². The van der Waals surface area contributed by atoms with Crippen LogP contribution in [-0.4, -0.2) is 7.11 Å². The quantitative estimate of drug-likeness (QED) is 0.829. The van der Waals surface area contributed by atoms with Gasteiger partial charge in [-0.25, -0.2) is 0 Å². The van der Waals surface area contributed by atoms with E-state index in [1.165, 1.54) is 10.5 Å². The van der Waals surface area contributed by atoms with Gasteiger partial charge in [-0.3, -0.25) is 0 Å². The van der Waals surface area contributed by atoms with Crippen LogP contribution in [0.15, 0.2) is 52.3 Å². The Labute approximate surface area is 125 Å². The Balaban J connectivity index is 2.20. The summed E-state index contributed by atoms with van der Waals surface area (Å²) in [5, 5.41) is 0. The van der Waals surface area contributed by atoms with E-state index in [-0.39, 0.29) is 5.41 Å². The molecule has 0 radical (unpaired) electrons. The zero-order valence-corrected chi connectivity index (χ0v) is 13.3. The number of nitrogens with two attached hydrogens (primary N) is 1. The van der Waals surface area contributed by atoms with E-state index < -0.39 is 0 Å². The molecule has 0 amide bonds. The largest absolute Gasteiger partial charge is 0.497 e. The standard InChI is InChI=1S/C17H21NOS/c1-17(2,3)12-5-7-15(8-6-12)20-16-10-13(18)9-14(11-16)19-4/h5-11H,18H2,1-4H3. The van der Waals surface area contributed by atoms with Crippen molar-refractivity contribution in [2.24, 2.45) is 0 Å². The Morgan fingerprint density at radius 2 is 1.60 bits per heavy atom. The monoisotopic (exact) mass is 287 g/mol. The van der Waals surface area contributed by atoms with Crippen LogP contribution in [0.4, 0.5) is 5.69 Å². The molecule has 0 aliphatic heterocycles. The summed E-state index contributed by atoms with van der Waals surface area (Å²) in [5.41, 5.74) is 8.12. The Hall–Kier alpha value is -1.61. The van der Waals surface area contributed by atoms with Gasteiger partial charge in [-0.15, -0.1) is 0 Å². The molecular formula is C17H21NOS. The summed E-state index contributed by atoms with van der Waals surface area (Å²) in [5.74, 6) is 0.791. The molecule has 20 heavy (non-hydrogen) atoms. The lowest BCUT2D eigenvalue weighted by atomic mass is 9.87. The second-order valence-electron chi connectivity index (χ2n) is 5.82. The number of hydrogen-bond acceptors (Lipinski definition) is 3. The van der Waals surface area contributed by atoms with Crippen LogP contribution >= 0.6 is 11.8 Å². The van der Waals surface area contributed by atoms with Crippen LogP contribution in [0.2, 0.25) is 0 Å². The third-order valence-corrected chi connectivity index (χ3v) is 4.07. The summed E-state index contributed by atoms with van der Waals surface area (Å²) in [6.45, 7) is 6.66. The molecule has 0 unspecified atom stereocenters. The van der Waals surface area contributed by atoms with Gasteiger partial charge in [0.05, 0.1) is 7.11 Å². The first kappa shape index (κ1) is 14.8. The van der Waals surface area contributed by atoms with Gasteiger partial charge in [0.2, 0.25) is 0 Å². The molecule has 0 aliphatic carbocycles. The molecule has 0 saturated heterocycles. The van der Waals surface area contributed by atoms with Crippen LogP contribution in [0, 0.1) is 0 Å². The minimum atomic E-state index is 0.184. The molecule has 106 valence electrons. The molecule has 2 rings (SSSR count). The summed E-state index contributed by atoms with van der Waals surface area (Å²) in [4.78, 5) is 2.29. The van der Waals surface area contributed by atoms with Crippen molar-refractivity contribution in [3.8, 4) is 5.75 Å². The van der Waals surface area contributed by atoms with E-state index in [1.807, 2.05) is 18.2 Å². The first-order valence-corrected chi connectivity index (χ1v) is 7.43. The van der Waals surface area contributed by atoms with Gasteiger partial charge in [0.1, 0.15) is 5.75 Å². The van der Waals surface area contributed by atoms with Gasteiger partial charge in [0, 0.05) is 21.5 Å². The fraction of sp³-hybridized carbons (Fsp3) is 0.294. The van der Waals surface area contributed by atoms with Crippen molar-refractivity contribution in [2.75, 3.05) is 12.8 Å². The molecule has 0 heterocycles. The highest BCUT2D eigenvalue weighted by atomic mass is 32.2. The van der Waals surface area contributed by atoms with Crippen LogP contribution in [0.3, 0.4) is 0 Å². The topological polar surface area (TPSA) is 35.2 Å². The van der Waals surface area contributed by atoms with Gasteiger partial charge >= 0.3 is 0 Å². The summed E-state index contributed by atoms with van der Waals surface area (Å²) in [7, 11) is 1.65. The lowest BCUT2D eigenvalue weighted by Crippen LogP contribution is -2.10. The molecule has 0 spiro atoms. The van der Waals surface area contributed by atoms with Gasteiger partial charge in [-0.05, 0) is 35.2 Å². The predicted molar refractivity (Wildman–Crippen MR) is 86.7 cm³/mol. The second kappa shape index (κ2) is 5.80. The van der Waals surface area contributed by atoms with Crippen LogP contribution in [0.1, 0.15) is 26.3 Å². The first-order chi connectivity index (χ1) is 9.38. The van der Waals surface area contributed by atoms with Gasteiger partial charge in [0.25, 0.3) is 0 Å². The molecule has 0 aromatic heterocycles. The second-order valence-corrected chi connectivity index (χ2v) is 6.97. The summed E-state index contributed by atoms with van der Waals surface area (Å²) < 4.78 is 5.24. The third kappa shape index (κ3) is 3.70. The van der Waals surface area contributed by atoms with Crippen molar-refractivity contribution in [3.63, 3.8) is 0 Å². The van der Waals surface area contributed by atoms with Gasteiger partial charge in [0.15, 0.2) is 0 Å². The zero-order chi connectivity index (χ0) is 14.8. The Morgan fingerprint density at radius 3 is 2.15 bits per heavy atom. The molecule has 0 atom stereocenters. The van der Waals surface area contributed by atoms with E-state index in [9.17, 15) is 0 Å². The summed E-state index contributed by atoms with van der Waals surface area (Å²) in [6, 6.07) is 14.5. The number of methoxy groups -OCH3 is 1. The smallest absolute Gasteiger partial charge is 0.122 e. The van der Waals surface area contributed by atoms with Crippen molar-refractivity contribution in [1.82, 2.24) is 0 Å². The molecule has 0 aliphatic rings. The molecule has 2 aromatic rings. The molecule has 0 fully saturated rings. The molecule has 2 N–H and O–H groups in total. The SMILES string of the molecule is COc1cc(N)cc(Sc2ccc(C(C)(C)C)cc2)c1. The Kier molecular flexibility index (Phi) is 4.29. The highest BCUT2D eigenvalue weighted by Gasteiger charge is 2.13. The maximum absolute atomic E-state index is 5.88. The van der Waals surface area contributed by atoms with Crippen molar-refractivity contribution in [1.29, 1.82) is 0 Å². The van der Waals surface area contributed by atoms with Crippen molar-refractivity contribution < 1.29 is 4.74 Å². The molecule has 2 aromatic carbocycles. The lowest BCUT2D eigenvalue weighted by Gasteiger charge is -2.19. The van der Waals surface area contributed by atoms with Gasteiger partial charge in [-0.2, -0.15) is 0 Å². The Bertz CT molecular complexity index is 585. The maximum Gasteiger partial charge on any atom is 0.122 e. The predicted octanol–water partition coefficient (Wildman–Crippen LogP) is 4.73. The minimum absolute atomic E-state index is 0.184. The van der Waals surface area contributed by atoms with Crippen LogP contribution < -0.4 is 10.5 Å². The number of ether oxygens (including phenoxy) is 1. The van der Waals surface area contributed by atoms with Crippen molar-refractivity contribution in [2.45, 2.75) is 36.0 Å². The highest BCUT2D eigenvalue weighted by Crippen LogP contribution is 2.33. The van der Waals surface area contributed by atoms with E-state index in [0.717, 1.165) is 16.3 Å². The van der Waals surface area contributed by atoms with E-state index in [0.29, 0.717) is 0 Å². The van der Waals surface area contributed by atoms with Crippen LogP contribution in [-0.2, 0) is 5.41 Å².